The van der Waals surface area contributed by atoms with Crippen molar-refractivity contribution in [3.05, 3.63) is 28.2 Å². The molecule has 0 saturated carbocycles. The largest absolute Gasteiger partial charge is 0.371 e. The highest BCUT2D eigenvalue weighted by atomic mass is 79.9. The Labute approximate surface area is 138 Å². The molecule has 1 aromatic carbocycles. The van der Waals surface area contributed by atoms with Gasteiger partial charge in [0.15, 0.2) is 0 Å². The summed E-state index contributed by atoms with van der Waals surface area (Å²) in [5.41, 5.74) is 3.38. The highest BCUT2D eigenvalue weighted by molar-refractivity contribution is 9.10. The summed E-state index contributed by atoms with van der Waals surface area (Å²) in [6, 6.07) is 6.71. The zero-order chi connectivity index (χ0) is 15.3. The number of benzene rings is 1. The van der Waals surface area contributed by atoms with Gasteiger partial charge in [0.2, 0.25) is 0 Å². The molecule has 2 rings (SSSR count). The molecule has 0 spiro atoms. The first kappa shape index (κ1) is 16.8. The van der Waals surface area contributed by atoms with Crippen LogP contribution in [0.5, 0.6) is 0 Å². The fourth-order valence-electron chi connectivity index (χ4n) is 3.02. The first-order valence-corrected chi connectivity index (χ1v) is 9.11. The highest BCUT2D eigenvalue weighted by Gasteiger charge is 2.29. The summed E-state index contributed by atoms with van der Waals surface area (Å²) in [4.78, 5) is 2.57. The van der Waals surface area contributed by atoms with Gasteiger partial charge in [0.25, 0.3) is 0 Å². The Morgan fingerprint density at radius 3 is 2.57 bits per heavy atom. The number of halogens is 1. The minimum atomic E-state index is 0.545. The van der Waals surface area contributed by atoms with E-state index in [1.165, 1.54) is 54.5 Å². The smallest absolute Gasteiger partial charge is 0.0423 e. The zero-order valence-corrected chi connectivity index (χ0v) is 15.3. The van der Waals surface area contributed by atoms with Gasteiger partial charge in [0.1, 0.15) is 0 Å². The summed E-state index contributed by atoms with van der Waals surface area (Å²) in [5, 5.41) is 3.54. The number of nitrogens with one attached hydrogen (secondary N) is 1. The van der Waals surface area contributed by atoms with E-state index in [9.17, 15) is 0 Å². The Hall–Kier alpha value is -0.540. The molecule has 0 atom stereocenters. The SMILES string of the molecule is CCCNCc1ccc(Br)cc1N1CCC(C)(CC)CC1. The molecular formula is C18H29BrN2. The standard InChI is InChI=1S/C18H29BrN2/c1-4-10-20-14-15-6-7-16(19)13-17(15)21-11-8-18(3,5-2)9-12-21/h6-7,13,20H,4-5,8-12,14H2,1-3H3. The van der Waals surface area contributed by atoms with Crippen LogP contribution in [0.3, 0.4) is 0 Å². The molecule has 0 unspecified atom stereocenters. The molecule has 1 aliphatic rings. The zero-order valence-electron chi connectivity index (χ0n) is 13.7. The third-order valence-electron chi connectivity index (χ3n) is 4.95. The average molecular weight is 353 g/mol. The third-order valence-corrected chi connectivity index (χ3v) is 5.45. The number of hydrogen-bond acceptors (Lipinski definition) is 2. The predicted molar refractivity (Wildman–Crippen MR) is 96.0 cm³/mol. The van der Waals surface area contributed by atoms with Gasteiger partial charge in [-0.15, -0.1) is 0 Å². The monoisotopic (exact) mass is 352 g/mol. The summed E-state index contributed by atoms with van der Waals surface area (Å²) in [7, 11) is 0. The van der Waals surface area contributed by atoms with Crippen LogP contribution in [0.4, 0.5) is 5.69 Å². The van der Waals surface area contributed by atoms with Gasteiger partial charge in [-0.1, -0.05) is 49.2 Å². The first-order valence-electron chi connectivity index (χ1n) is 8.32. The third kappa shape index (κ3) is 4.46. The van der Waals surface area contributed by atoms with Crippen LogP contribution in [0.1, 0.15) is 52.0 Å². The second-order valence-electron chi connectivity index (χ2n) is 6.60. The molecular weight excluding hydrogens is 324 g/mol. The molecule has 1 N–H and O–H groups in total. The molecule has 0 aliphatic carbocycles. The van der Waals surface area contributed by atoms with Crippen LogP contribution in [0.25, 0.3) is 0 Å². The highest BCUT2D eigenvalue weighted by Crippen LogP contribution is 2.37. The van der Waals surface area contributed by atoms with E-state index in [1.54, 1.807) is 0 Å². The molecule has 1 aromatic rings. The molecule has 1 saturated heterocycles. The molecule has 0 bridgehead atoms. The second-order valence-corrected chi connectivity index (χ2v) is 7.52. The Kier molecular flexibility index (Phi) is 6.12. The number of piperidine rings is 1. The Morgan fingerprint density at radius 1 is 1.24 bits per heavy atom. The molecule has 0 aromatic heterocycles. The van der Waals surface area contributed by atoms with Gasteiger partial charge < -0.3 is 10.2 Å². The topological polar surface area (TPSA) is 15.3 Å². The van der Waals surface area contributed by atoms with Crippen LogP contribution in [-0.4, -0.2) is 19.6 Å². The minimum Gasteiger partial charge on any atom is -0.371 e. The molecule has 1 aliphatic heterocycles. The van der Waals surface area contributed by atoms with Crippen LogP contribution in [0, 0.1) is 5.41 Å². The van der Waals surface area contributed by atoms with E-state index in [-0.39, 0.29) is 0 Å². The van der Waals surface area contributed by atoms with Crippen LogP contribution in [0.2, 0.25) is 0 Å². The van der Waals surface area contributed by atoms with Gasteiger partial charge in [-0.3, -0.25) is 0 Å². The summed E-state index contributed by atoms with van der Waals surface area (Å²) >= 11 is 3.63. The molecule has 1 fully saturated rings. The lowest BCUT2D eigenvalue weighted by atomic mass is 9.78. The van der Waals surface area contributed by atoms with Gasteiger partial charge >= 0.3 is 0 Å². The lowest BCUT2D eigenvalue weighted by molar-refractivity contribution is 0.238. The van der Waals surface area contributed by atoms with Crippen LogP contribution < -0.4 is 10.2 Å². The predicted octanol–water partition coefficient (Wildman–Crippen LogP) is 4.97. The van der Waals surface area contributed by atoms with Gasteiger partial charge in [-0.2, -0.15) is 0 Å². The van der Waals surface area contributed by atoms with Crippen LogP contribution in [0.15, 0.2) is 22.7 Å². The van der Waals surface area contributed by atoms with Crippen molar-refractivity contribution < 1.29 is 0 Å². The van der Waals surface area contributed by atoms with Crippen LogP contribution >= 0.6 is 15.9 Å². The van der Waals surface area contributed by atoms with Gasteiger partial charge in [0, 0.05) is 29.8 Å². The van der Waals surface area contributed by atoms with E-state index in [1.807, 2.05) is 0 Å². The fraction of sp³-hybridized carbons (Fsp3) is 0.667. The van der Waals surface area contributed by atoms with Gasteiger partial charge in [-0.25, -0.2) is 0 Å². The second kappa shape index (κ2) is 7.64. The van der Waals surface area contributed by atoms with E-state index in [0.717, 1.165) is 13.1 Å². The maximum absolute atomic E-state index is 3.63. The molecule has 3 heteroatoms. The quantitative estimate of drug-likeness (QED) is 0.727. The van der Waals surface area contributed by atoms with Crippen molar-refractivity contribution >= 4 is 21.6 Å². The number of hydrogen-bond donors (Lipinski definition) is 1. The summed E-state index contributed by atoms with van der Waals surface area (Å²) in [6.07, 6.45) is 5.09. The number of rotatable bonds is 6. The minimum absolute atomic E-state index is 0.545. The number of anilines is 1. The summed E-state index contributed by atoms with van der Waals surface area (Å²) in [6.45, 7) is 11.4. The van der Waals surface area contributed by atoms with Crippen molar-refractivity contribution in [3.63, 3.8) is 0 Å². The summed E-state index contributed by atoms with van der Waals surface area (Å²) < 4.78 is 1.18. The Morgan fingerprint density at radius 2 is 1.95 bits per heavy atom. The van der Waals surface area contributed by atoms with E-state index in [2.05, 4.69) is 65.1 Å². The lowest BCUT2D eigenvalue weighted by Crippen LogP contribution is -2.39. The van der Waals surface area contributed by atoms with Crippen molar-refractivity contribution in [1.82, 2.24) is 5.32 Å². The van der Waals surface area contributed by atoms with Gasteiger partial charge in [0.05, 0.1) is 0 Å². The normalized spacial score (nSPS) is 18.0. The van der Waals surface area contributed by atoms with E-state index < -0.39 is 0 Å². The van der Waals surface area contributed by atoms with E-state index >= 15 is 0 Å². The summed E-state index contributed by atoms with van der Waals surface area (Å²) in [5.74, 6) is 0. The maximum atomic E-state index is 3.63. The van der Waals surface area contributed by atoms with E-state index in [4.69, 9.17) is 0 Å². The lowest BCUT2D eigenvalue weighted by Gasteiger charge is -2.40. The van der Waals surface area contributed by atoms with Crippen LogP contribution in [-0.2, 0) is 6.54 Å². The van der Waals surface area contributed by atoms with Crippen molar-refractivity contribution in [2.75, 3.05) is 24.5 Å². The Balaban J connectivity index is 2.09. The number of nitrogens with zero attached hydrogens (tertiary/aromatic N) is 1. The molecule has 0 amide bonds. The fourth-order valence-corrected chi connectivity index (χ4v) is 3.37. The molecule has 1 heterocycles. The molecule has 2 nitrogen and oxygen atoms in total. The maximum Gasteiger partial charge on any atom is 0.0423 e. The van der Waals surface area contributed by atoms with Crippen molar-refractivity contribution in [2.24, 2.45) is 5.41 Å². The molecule has 118 valence electrons. The van der Waals surface area contributed by atoms with Crippen molar-refractivity contribution in [1.29, 1.82) is 0 Å². The van der Waals surface area contributed by atoms with Gasteiger partial charge in [-0.05, 0) is 48.9 Å². The average Bonchev–Trinajstić information content (AvgIpc) is 2.50. The molecule has 21 heavy (non-hydrogen) atoms. The van der Waals surface area contributed by atoms with Crippen molar-refractivity contribution in [2.45, 2.75) is 53.0 Å². The molecule has 0 radical (unpaired) electrons. The van der Waals surface area contributed by atoms with E-state index in [0.29, 0.717) is 5.41 Å². The first-order chi connectivity index (χ1) is 10.1. The Bertz CT molecular complexity index is 451. The van der Waals surface area contributed by atoms with Crippen molar-refractivity contribution in [3.8, 4) is 0 Å².